The van der Waals surface area contributed by atoms with Crippen LogP contribution in [0.3, 0.4) is 0 Å². The first-order valence-corrected chi connectivity index (χ1v) is 18.6. The Balaban J connectivity index is 1.42. The summed E-state index contributed by atoms with van der Waals surface area (Å²) in [4.78, 5) is 68.3. The number of ether oxygens (including phenoxy) is 2. The third-order valence-electron chi connectivity index (χ3n) is 9.97. The molecule has 0 radical (unpaired) electrons. The summed E-state index contributed by atoms with van der Waals surface area (Å²) in [6.07, 6.45) is 3.09. The summed E-state index contributed by atoms with van der Waals surface area (Å²) in [7, 11) is -4.32. The van der Waals surface area contributed by atoms with Crippen molar-refractivity contribution < 1.29 is 42.6 Å². The topological polar surface area (TPSA) is 164 Å². The van der Waals surface area contributed by atoms with Gasteiger partial charge < -0.3 is 34.4 Å². The molecule has 5 rings (SSSR count). The number of rotatable bonds is 7. The Labute approximate surface area is 282 Å². The summed E-state index contributed by atoms with van der Waals surface area (Å²) >= 11 is 0. The van der Waals surface area contributed by atoms with E-state index in [1.54, 1.807) is 25.7 Å². The fraction of sp³-hybridized carbons (Fsp3) is 0.647. The van der Waals surface area contributed by atoms with Crippen molar-refractivity contribution in [1.82, 2.24) is 20.4 Å². The number of amides is 4. The summed E-state index contributed by atoms with van der Waals surface area (Å²) in [6.45, 7) is 11.7. The maximum absolute atomic E-state index is 14.1. The minimum atomic E-state index is -4.32. The molecule has 48 heavy (non-hydrogen) atoms. The van der Waals surface area contributed by atoms with Crippen molar-refractivity contribution in [1.29, 1.82) is 0 Å². The molecule has 1 saturated heterocycles. The molecular formula is C34H49N4O9P. The van der Waals surface area contributed by atoms with Crippen LogP contribution in [0.4, 0.5) is 9.59 Å². The molecule has 3 aliphatic heterocycles. The quantitative estimate of drug-likeness (QED) is 0.277. The fourth-order valence-electron chi connectivity index (χ4n) is 7.10. The summed E-state index contributed by atoms with van der Waals surface area (Å²) < 4.78 is 29.9. The van der Waals surface area contributed by atoms with Crippen LogP contribution in [-0.4, -0.2) is 81.9 Å². The van der Waals surface area contributed by atoms with E-state index in [0.717, 1.165) is 36.8 Å². The summed E-state index contributed by atoms with van der Waals surface area (Å²) in [5, 5.41) is 3.83. The van der Waals surface area contributed by atoms with Gasteiger partial charge in [-0.15, -0.1) is 6.58 Å². The largest absolute Gasteiger partial charge is 0.449 e. The van der Waals surface area contributed by atoms with Gasteiger partial charge in [-0.05, 0) is 61.1 Å². The molecule has 1 unspecified atom stereocenters. The van der Waals surface area contributed by atoms with E-state index in [2.05, 4.69) is 23.3 Å². The summed E-state index contributed by atoms with van der Waals surface area (Å²) in [6, 6.07) is 3.90. The number of fused-ring (bicyclic) bond motifs is 3. The maximum Gasteiger partial charge on any atom is 0.410 e. The van der Waals surface area contributed by atoms with Gasteiger partial charge in [0.25, 0.3) is 0 Å². The van der Waals surface area contributed by atoms with E-state index >= 15 is 0 Å². The highest BCUT2D eigenvalue weighted by atomic mass is 31.2. The zero-order valence-electron chi connectivity index (χ0n) is 28.3. The van der Waals surface area contributed by atoms with Crippen molar-refractivity contribution in [3.8, 4) is 0 Å². The lowest BCUT2D eigenvalue weighted by molar-refractivity contribution is -0.141. The number of carbonyl (C=O) groups excluding carboxylic acids is 4. The van der Waals surface area contributed by atoms with Crippen LogP contribution in [0.5, 0.6) is 0 Å². The van der Waals surface area contributed by atoms with Gasteiger partial charge >= 0.3 is 19.8 Å². The molecule has 4 bridgehead atoms. The van der Waals surface area contributed by atoms with Gasteiger partial charge in [0.1, 0.15) is 23.5 Å². The van der Waals surface area contributed by atoms with Gasteiger partial charge in [-0.25, -0.2) is 9.59 Å². The lowest BCUT2D eigenvalue weighted by atomic mass is 9.97. The molecule has 0 aromatic heterocycles. The second kappa shape index (κ2) is 14.6. The third-order valence-corrected chi connectivity index (χ3v) is 12.2. The highest BCUT2D eigenvalue weighted by Crippen LogP contribution is 2.70. The number of hydrogen-bond donors (Lipinski definition) is 3. The lowest BCUT2D eigenvalue weighted by Gasteiger charge is -2.32. The molecule has 264 valence electrons. The lowest BCUT2D eigenvalue weighted by Crippen LogP contribution is -2.56. The molecule has 4 amide bonds. The first kappa shape index (κ1) is 35.9. The van der Waals surface area contributed by atoms with Gasteiger partial charge in [-0.3, -0.25) is 19.1 Å². The van der Waals surface area contributed by atoms with E-state index in [1.807, 2.05) is 19.1 Å². The van der Waals surface area contributed by atoms with Crippen LogP contribution >= 0.6 is 7.60 Å². The Kier molecular flexibility index (Phi) is 10.9. The molecule has 1 aromatic rings. The molecular weight excluding hydrogens is 639 g/mol. The van der Waals surface area contributed by atoms with Crippen molar-refractivity contribution in [3.05, 3.63) is 47.5 Å². The van der Waals surface area contributed by atoms with E-state index < -0.39 is 61.0 Å². The average Bonchev–Trinajstić information content (AvgIpc) is 3.36. The molecule has 1 saturated carbocycles. The van der Waals surface area contributed by atoms with Gasteiger partial charge in [-0.2, -0.15) is 0 Å². The van der Waals surface area contributed by atoms with E-state index in [-0.39, 0.29) is 44.4 Å². The highest BCUT2D eigenvalue weighted by molar-refractivity contribution is 7.55. The SMILES string of the molecule is C=C[C@H]1C[C@@]1(NC(=O)[C@@H]1C[C@@H]2CN1C(=O)[C@H](C(C)C)NC(=O)OC[C@@H](C)CCCCc1cccc3c1CN(C3)C(=O)O2)P(=O)(O)OCC. The van der Waals surface area contributed by atoms with Crippen molar-refractivity contribution in [2.75, 3.05) is 19.8 Å². The zero-order valence-corrected chi connectivity index (χ0v) is 29.2. The molecule has 7 atom stereocenters. The van der Waals surface area contributed by atoms with Gasteiger partial charge in [-0.1, -0.05) is 51.5 Å². The molecule has 1 aromatic carbocycles. The predicted molar refractivity (Wildman–Crippen MR) is 177 cm³/mol. The van der Waals surface area contributed by atoms with Crippen LogP contribution < -0.4 is 10.6 Å². The fourth-order valence-corrected chi connectivity index (χ4v) is 8.88. The first-order chi connectivity index (χ1) is 22.8. The second-order valence-electron chi connectivity index (χ2n) is 13.9. The number of nitrogens with one attached hydrogen (secondary N) is 2. The Morgan fingerprint density at radius 3 is 2.69 bits per heavy atom. The number of aryl methyl sites for hydroxylation is 1. The zero-order chi connectivity index (χ0) is 34.8. The van der Waals surface area contributed by atoms with Crippen LogP contribution in [0.1, 0.15) is 76.5 Å². The van der Waals surface area contributed by atoms with Crippen LogP contribution in [-0.2, 0) is 47.7 Å². The minimum absolute atomic E-state index is 0.0403. The monoisotopic (exact) mass is 688 g/mol. The number of nitrogens with zero attached hydrogens (tertiary/aromatic N) is 2. The molecule has 0 spiro atoms. The van der Waals surface area contributed by atoms with E-state index in [9.17, 15) is 28.6 Å². The second-order valence-corrected chi connectivity index (χ2v) is 16.0. The first-order valence-electron chi connectivity index (χ1n) is 17.0. The summed E-state index contributed by atoms with van der Waals surface area (Å²) in [5.74, 6) is -2.01. The number of cyclic esters (lactones) is 1. The maximum atomic E-state index is 14.1. The van der Waals surface area contributed by atoms with Crippen molar-refractivity contribution >= 4 is 31.6 Å². The highest BCUT2D eigenvalue weighted by Gasteiger charge is 2.67. The predicted octanol–water partition coefficient (Wildman–Crippen LogP) is 4.46. The number of alkyl carbamates (subject to hydrolysis) is 1. The van der Waals surface area contributed by atoms with Crippen LogP contribution in [0.25, 0.3) is 0 Å². The Hall–Kier alpha value is -3.41. The van der Waals surface area contributed by atoms with E-state index in [0.29, 0.717) is 13.1 Å². The van der Waals surface area contributed by atoms with E-state index in [4.69, 9.17) is 14.0 Å². The minimum Gasteiger partial charge on any atom is -0.449 e. The van der Waals surface area contributed by atoms with Gasteiger partial charge in [0.2, 0.25) is 11.8 Å². The number of benzene rings is 1. The molecule has 4 aliphatic rings. The standard InChI is InChI=1S/C34H49N4O9P/c1-6-25-16-34(25,48(43,44)46-7-2)36-30(39)28-15-26-18-38(28)31(40)29(21(3)4)35-32(41)45-20-22(5)11-8-9-12-23-13-10-14-24-17-37(19-27(23)24)33(42)47-26/h6,10,13-14,21-22,25-26,28-29H,1,7-9,11-12,15-20H2,2-5H3,(H,35,41)(H,36,39)(H,43,44)/t22-,25-,26+,28-,29-,34+/m0/s1. The smallest absolute Gasteiger partial charge is 0.410 e. The van der Waals surface area contributed by atoms with Crippen LogP contribution in [0, 0.1) is 17.8 Å². The Morgan fingerprint density at radius 1 is 1.25 bits per heavy atom. The van der Waals surface area contributed by atoms with E-state index in [1.165, 1.54) is 16.5 Å². The van der Waals surface area contributed by atoms with Gasteiger partial charge in [0.15, 0.2) is 0 Å². The Bertz CT molecular complexity index is 1470. The molecule has 2 fully saturated rings. The molecule has 3 heterocycles. The van der Waals surface area contributed by atoms with Crippen molar-refractivity contribution in [3.63, 3.8) is 0 Å². The number of carbonyl (C=O) groups is 4. The molecule has 3 N–H and O–H groups in total. The molecule has 1 aliphatic carbocycles. The van der Waals surface area contributed by atoms with Gasteiger partial charge in [0.05, 0.1) is 19.8 Å². The molecule has 13 nitrogen and oxygen atoms in total. The normalized spacial score (nSPS) is 31.0. The van der Waals surface area contributed by atoms with Gasteiger partial charge in [0, 0.05) is 25.4 Å². The van der Waals surface area contributed by atoms with Crippen LogP contribution in [0.15, 0.2) is 30.9 Å². The third kappa shape index (κ3) is 7.43. The average molecular weight is 689 g/mol. The van der Waals surface area contributed by atoms with Crippen LogP contribution in [0.2, 0.25) is 0 Å². The van der Waals surface area contributed by atoms with Crippen molar-refractivity contribution in [2.45, 2.75) is 103 Å². The number of hydrogen-bond acceptors (Lipinski definition) is 8. The Morgan fingerprint density at radius 2 is 2.00 bits per heavy atom. The summed E-state index contributed by atoms with van der Waals surface area (Å²) in [5.41, 5.74) is 3.37. The molecule has 14 heteroatoms. The van der Waals surface area contributed by atoms with Crippen molar-refractivity contribution in [2.24, 2.45) is 17.8 Å².